The molecule has 1 N–H and O–H groups in total. The first-order valence-electron chi connectivity index (χ1n) is 15.2. The van der Waals surface area contributed by atoms with E-state index >= 15 is 0 Å². The van der Waals surface area contributed by atoms with E-state index in [-0.39, 0.29) is 12.2 Å². The van der Waals surface area contributed by atoms with E-state index in [4.69, 9.17) is 9.57 Å². The Labute approximate surface area is 220 Å². The zero-order valence-electron chi connectivity index (χ0n) is 23.0. The summed E-state index contributed by atoms with van der Waals surface area (Å²) in [5.41, 5.74) is 3.31. The van der Waals surface area contributed by atoms with E-state index < -0.39 is 0 Å². The lowest BCUT2D eigenvalue weighted by molar-refractivity contribution is -0.267. The van der Waals surface area contributed by atoms with Crippen LogP contribution in [0.15, 0.2) is 18.2 Å². The molecule has 1 fully saturated rings. The highest BCUT2D eigenvalue weighted by molar-refractivity contribution is 5.93. The van der Waals surface area contributed by atoms with Gasteiger partial charge in [0.25, 0.3) is 5.91 Å². The van der Waals surface area contributed by atoms with Gasteiger partial charge in [-0.15, -0.1) is 0 Å². The van der Waals surface area contributed by atoms with Gasteiger partial charge in [-0.2, -0.15) is 0 Å². The van der Waals surface area contributed by atoms with Crippen molar-refractivity contribution < 1.29 is 14.4 Å². The van der Waals surface area contributed by atoms with Crippen LogP contribution in [0.1, 0.15) is 138 Å². The van der Waals surface area contributed by atoms with Crippen LogP contribution in [0.3, 0.4) is 0 Å². The van der Waals surface area contributed by atoms with E-state index in [2.05, 4.69) is 24.4 Å². The number of unbranched alkanes of at least 4 members (excludes halogenated alkanes) is 13. The van der Waals surface area contributed by atoms with Crippen molar-refractivity contribution in [2.45, 2.75) is 135 Å². The number of hydrogen-bond acceptors (Lipinski definition) is 4. The molecule has 2 heterocycles. The van der Waals surface area contributed by atoms with Gasteiger partial charge in [-0.05, 0) is 55.5 Å². The van der Waals surface area contributed by atoms with Crippen molar-refractivity contribution >= 4 is 5.91 Å². The van der Waals surface area contributed by atoms with Crippen LogP contribution in [0.2, 0.25) is 0 Å². The van der Waals surface area contributed by atoms with Gasteiger partial charge in [-0.3, -0.25) is 4.79 Å². The third-order valence-corrected chi connectivity index (χ3v) is 7.66. The fraction of sp³-hybridized carbons (Fsp3) is 0.774. The minimum atomic E-state index is -0.295. The maximum atomic E-state index is 13.4. The predicted molar refractivity (Wildman–Crippen MR) is 148 cm³/mol. The molecule has 3 rings (SSSR count). The first-order valence-corrected chi connectivity index (χ1v) is 15.2. The Morgan fingerprint density at radius 2 is 1.58 bits per heavy atom. The molecule has 1 aromatic carbocycles. The van der Waals surface area contributed by atoms with Gasteiger partial charge in [0.1, 0.15) is 0 Å². The maximum Gasteiger partial charge on any atom is 0.277 e. The Morgan fingerprint density at radius 1 is 0.917 bits per heavy atom. The molecular weight excluding hydrogens is 448 g/mol. The summed E-state index contributed by atoms with van der Waals surface area (Å²) in [4.78, 5) is 19.5. The Hall–Kier alpha value is -1.43. The average molecular weight is 501 g/mol. The van der Waals surface area contributed by atoms with Crippen molar-refractivity contribution in [3.05, 3.63) is 34.9 Å². The number of hydrogen-bond donors (Lipinski definition) is 1. The molecule has 204 valence electrons. The third-order valence-electron chi connectivity index (χ3n) is 7.66. The lowest BCUT2D eigenvalue weighted by Gasteiger charge is -2.30. The van der Waals surface area contributed by atoms with Crippen LogP contribution in [0.5, 0.6) is 0 Å². The molecule has 1 aromatic rings. The van der Waals surface area contributed by atoms with Crippen LogP contribution in [0.4, 0.5) is 0 Å². The molecule has 1 atom stereocenters. The number of nitrogens with one attached hydrogen (secondary N) is 1. The molecule has 0 spiro atoms. The van der Waals surface area contributed by atoms with Gasteiger partial charge < -0.3 is 10.1 Å². The van der Waals surface area contributed by atoms with E-state index in [9.17, 15) is 4.79 Å². The first kappa shape index (κ1) is 29.1. The molecule has 0 aliphatic carbocycles. The smallest absolute Gasteiger partial charge is 0.277 e. The number of amides is 1. The van der Waals surface area contributed by atoms with Crippen LogP contribution in [0.25, 0.3) is 0 Å². The second-order valence-corrected chi connectivity index (χ2v) is 10.8. The molecular formula is C31H52N2O3. The molecule has 0 saturated carbocycles. The van der Waals surface area contributed by atoms with Crippen LogP contribution < -0.4 is 5.32 Å². The van der Waals surface area contributed by atoms with Gasteiger partial charge in [-0.25, -0.2) is 9.90 Å². The lowest BCUT2D eigenvalue weighted by Crippen LogP contribution is -2.38. The Bertz CT molecular complexity index is 733. The van der Waals surface area contributed by atoms with Crippen molar-refractivity contribution in [1.29, 1.82) is 0 Å². The van der Waals surface area contributed by atoms with Crippen LogP contribution >= 0.6 is 0 Å². The molecule has 36 heavy (non-hydrogen) atoms. The zero-order valence-corrected chi connectivity index (χ0v) is 23.0. The van der Waals surface area contributed by atoms with Crippen molar-refractivity contribution in [2.24, 2.45) is 0 Å². The Morgan fingerprint density at radius 3 is 2.22 bits per heavy atom. The van der Waals surface area contributed by atoms with Gasteiger partial charge >= 0.3 is 0 Å². The first-order chi connectivity index (χ1) is 17.8. The lowest BCUT2D eigenvalue weighted by atomic mass is 9.98. The zero-order chi connectivity index (χ0) is 25.3. The number of rotatable bonds is 18. The van der Waals surface area contributed by atoms with Gasteiger partial charge in [0.05, 0.1) is 0 Å². The highest BCUT2D eigenvalue weighted by Gasteiger charge is 2.24. The second kappa shape index (κ2) is 17.9. The fourth-order valence-corrected chi connectivity index (χ4v) is 5.34. The molecule has 1 saturated heterocycles. The summed E-state index contributed by atoms with van der Waals surface area (Å²) in [6.45, 7) is 5.50. The number of carbonyl (C=O) groups excluding carboxylic acids is 1. The number of benzene rings is 1. The SMILES string of the molecule is CCCCCCCCCCCCCCCCN(OC1CCCCO1)C(=O)c1ccc2c(c1)CCNC2. The number of hydroxylamine groups is 2. The monoisotopic (exact) mass is 500 g/mol. The van der Waals surface area contributed by atoms with Crippen molar-refractivity contribution in [2.75, 3.05) is 19.7 Å². The number of carbonyl (C=O) groups is 1. The summed E-state index contributed by atoms with van der Waals surface area (Å²) in [7, 11) is 0. The standard InChI is InChI=1S/C31H52N2O3/c1-2-3-4-5-6-7-8-9-10-11-12-13-14-16-23-33(36-30-18-15-17-24-35-30)31(34)28-19-20-29-26-32-22-21-27(29)25-28/h19-20,25,30,32H,2-18,21-24,26H2,1H3. The molecule has 0 radical (unpaired) electrons. The van der Waals surface area contributed by atoms with Crippen LogP contribution in [-0.4, -0.2) is 37.0 Å². The summed E-state index contributed by atoms with van der Waals surface area (Å²) in [6.07, 6.45) is 22.3. The predicted octanol–water partition coefficient (Wildman–Crippen LogP) is 7.71. The Balaban J connectivity index is 1.34. The molecule has 0 bridgehead atoms. The van der Waals surface area contributed by atoms with Crippen molar-refractivity contribution in [3.8, 4) is 0 Å². The molecule has 1 amide bonds. The summed E-state index contributed by atoms with van der Waals surface area (Å²) in [6, 6.07) is 6.12. The van der Waals surface area contributed by atoms with Crippen molar-refractivity contribution in [1.82, 2.24) is 10.4 Å². The summed E-state index contributed by atoms with van der Waals surface area (Å²) in [5, 5.41) is 5.00. The minimum Gasteiger partial charge on any atom is -0.350 e. The number of ether oxygens (including phenoxy) is 1. The highest BCUT2D eigenvalue weighted by Crippen LogP contribution is 2.21. The summed E-state index contributed by atoms with van der Waals surface area (Å²) >= 11 is 0. The topological polar surface area (TPSA) is 50.8 Å². The minimum absolute atomic E-state index is 0.0276. The number of nitrogens with zero attached hydrogens (tertiary/aromatic N) is 1. The van der Waals surface area contributed by atoms with Crippen molar-refractivity contribution in [3.63, 3.8) is 0 Å². The summed E-state index contributed by atoms with van der Waals surface area (Å²) < 4.78 is 5.78. The maximum absolute atomic E-state index is 13.4. The Kier molecular flexibility index (Phi) is 14.5. The fourth-order valence-electron chi connectivity index (χ4n) is 5.34. The quantitative estimate of drug-likeness (QED) is 0.166. The molecule has 2 aliphatic heterocycles. The molecule has 0 aromatic heterocycles. The molecule has 5 nitrogen and oxygen atoms in total. The largest absolute Gasteiger partial charge is 0.350 e. The molecule has 5 heteroatoms. The van der Waals surface area contributed by atoms with E-state index in [1.165, 1.54) is 88.2 Å². The van der Waals surface area contributed by atoms with E-state index in [0.717, 1.165) is 63.8 Å². The molecule has 2 aliphatic rings. The summed E-state index contributed by atoms with van der Waals surface area (Å²) in [5.74, 6) is -0.0276. The average Bonchev–Trinajstić information content (AvgIpc) is 2.92. The van der Waals surface area contributed by atoms with E-state index in [1.54, 1.807) is 5.06 Å². The normalized spacial score (nSPS) is 17.6. The van der Waals surface area contributed by atoms with Gasteiger partial charge in [0, 0.05) is 31.7 Å². The van der Waals surface area contributed by atoms with Gasteiger partial charge in [0.15, 0.2) is 6.29 Å². The number of fused-ring (bicyclic) bond motifs is 1. The van der Waals surface area contributed by atoms with Gasteiger partial charge in [0.2, 0.25) is 0 Å². The van der Waals surface area contributed by atoms with E-state index in [0.29, 0.717) is 6.54 Å². The van der Waals surface area contributed by atoms with Crippen LogP contribution in [0, 0.1) is 0 Å². The third kappa shape index (κ3) is 10.9. The highest BCUT2D eigenvalue weighted by atomic mass is 16.8. The van der Waals surface area contributed by atoms with E-state index in [1.807, 2.05) is 6.07 Å². The van der Waals surface area contributed by atoms with Crippen LogP contribution in [-0.2, 0) is 22.5 Å². The second-order valence-electron chi connectivity index (χ2n) is 10.8. The molecule has 1 unspecified atom stereocenters. The van der Waals surface area contributed by atoms with Gasteiger partial charge in [-0.1, -0.05) is 96.5 Å².